The summed E-state index contributed by atoms with van der Waals surface area (Å²) in [4.78, 5) is 0. The van der Waals surface area contributed by atoms with Crippen molar-refractivity contribution in [1.82, 2.24) is 0 Å². The molecule has 25 heavy (non-hydrogen) atoms. The molecule has 3 heteroatoms. The van der Waals surface area contributed by atoms with Gasteiger partial charge in [-0.2, -0.15) is 0 Å². The third kappa shape index (κ3) is 5.86. The van der Waals surface area contributed by atoms with E-state index in [0.717, 1.165) is 18.3 Å². The Labute approximate surface area is 150 Å². The predicted molar refractivity (Wildman–Crippen MR) is 98.9 cm³/mol. The monoisotopic (exact) mass is 342 g/mol. The highest BCUT2D eigenvalue weighted by molar-refractivity contribution is 5.28. The van der Waals surface area contributed by atoms with E-state index < -0.39 is 0 Å². The minimum atomic E-state index is -0.212. The van der Waals surface area contributed by atoms with Gasteiger partial charge in [0.2, 0.25) is 0 Å². The van der Waals surface area contributed by atoms with Crippen molar-refractivity contribution in [2.24, 2.45) is 0 Å². The van der Waals surface area contributed by atoms with Crippen LogP contribution in [0.15, 0.2) is 48.5 Å². The van der Waals surface area contributed by atoms with Gasteiger partial charge in [-0.05, 0) is 43.9 Å². The Bertz CT molecular complexity index is 650. The van der Waals surface area contributed by atoms with E-state index >= 15 is 0 Å². The van der Waals surface area contributed by atoms with Gasteiger partial charge < -0.3 is 10.1 Å². The molecule has 0 radical (unpaired) electrons. The molecular formula is C22H29FNO+. The van der Waals surface area contributed by atoms with Gasteiger partial charge in [-0.3, -0.25) is 0 Å². The van der Waals surface area contributed by atoms with Crippen LogP contribution in [0.4, 0.5) is 4.39 Å². The fourth-order valence-electron chi connectivity index (χ4n) is 3.56. The van der Waals surface area contributed by atoms with Crippen molar-refractivity contribution in [1.29, 1.82) is 0 Å². The zero-order chi connectivity index (χ0) is 17.3. The fraction of sp³-hybridized carbons (Fsp3) is 0.455. The van der Waals surface area contributed by atoms with Crippen molar-refractivity contribution in [3.8, 4) is 5.75 Å². The smallest absolute Gasteiger partial charge is 0.129 e. The molecule has 3 rings (SSSR count). The van der Waals surface area contributed by atoms with Crippen LogP contribution >= 0.6 is 0 Å². The lowest BCUT2D eigenvalue weighted by molar-refractivity contribution is -0.706. The Balaban J connectivity index is 1.51. The highest BCUT2D eigenvalue weighted by atomic mass is 19.1. The maximum absolute atomic E-state index is 13.7. The average molecular weight is 342 g/mol. The van der Waals surface area contributed by atoms with Crippen LogP contribution in [0, 0.1) is 5.82 Å². The first kappa shape index (κ1) is 17.9. The highest BCUT2D eigenvalue weighted by Crippen LogP contribution is 2.17. The molecule has 1 aliphatic rings. The van der Waals surface area contributed by atoms with Crippen LogP contribution < -0.4 is 10.1 Å². The Morgan fingerprint density at radius 2 is 1.68 bits per heavy atom. The summed E-state index contributed by atoms with van der Waals surface area (Å²) in [7, 11) is 0. The summed E-state index contributed by atoms with van der Waals surface area (Å²) in [5, 5.41) is 2.49. The van der Waals surface area contributed by atoms with Gasteiger partial charge in [0.25, 0.3) is 0 Å². The van der Waals surface area contributed by atoms with Crippen LogP contribution in [0.3, 0.4) is 0 Å². The molecule has 0 heterocycles. The number of quaternary nitrogens is 1. The van der Waals surface area contributed by atoms with E-state index in [4.69, 9.17) is 4.74 Å². The van der Waals surface area contributed by atoms with Gasteiger partial charge in [0.15, 0.2) is 0 Å². The second-order valence-electron chi connectivity index (χ2n) is 7.07. The van der Waals surface area contributed by atoms with E-state index in [2.05, 4.69) is 17.4 Å². The molecule has 0 bridgehead atoms. The van der Waals surface area contributed by atoms with Gasteiger partial charge in [0, 0.05) is 11.1 Å². The molecule has 1 saturated carbocycles. The summed E-state index contributed by atoms with van der Waals surface area (Å²) in [5.41, 5.74) is 1.86. The van der Waals surface area contributed by atoms with Gasteiger partial charge >= 0.3 is 0 Å². The van der Waals surface area contributed by atoms with E-state index in [-0.39, 0.29) is 12.4 Å². The summed E-state index contributed by atoms with van der Waals surface area (Å²) in [6.07, 6.45) is 9.61. The van der Waals surface area contributed by atoms with E-state index in [0.29, 0.717) is 5.56 Å². The second-order valence-corrected chi connectivity index (χ2v) is 7.07. The first-order valence-corrected chi connectivity index (χ1v) is 9.60. The summed E-state index contributed by atoms with van der Waals surface area (Å²) in [6.45, 7) is 1.25. The van der Waals surface area contributed by atoms with Crippen molar-refractivity contribution in [2.45, 2.75) is 64.1 Å². The van der Waals surface area contributed by atoms with Crippen LogP contribution in [-0.4, -0.2) is 6.04 Å². The Morgan fingerprint density at radius 1 is 0.920 bits per heavy atom. The lowest BCUT2D eigenvalue weighted by atomic mass is 9.96. The Morgan fingerprint density at radius 3 is 2.48 bits per heavy atom. The molecule has 0 saturated heterocycles. The van der Waals surface area contributed by atoms with Crippen LogP contribution in [0.2, 0.25) is 0 Å². The molecule has 2 nitrogen and oxygen atoms in total. The van der Waals surface area contributed by atoms with Gasteiger partial charge in [0.1, 0.15) is 24.7 Å². The van der Waals surface area contributed by atoms with Crippen LogP contribution in [0.5, 0.6) is 5.75 Å². The van der Waals surface area contributed by atoms with Gasteiger partial charge in [-0.1, -0.05) is 49.6 Å². The Hall–Kier alpha value is -1.87. The summed E-state index contributed by atoms with van der Waals surface area (Å²) >= 11 is 0. The van der Waals surface area contributed by atoms with Crippen molar-refractivity contribution in [2.75, 3.05) is 0 Å². The van der Waals surface area contributed by atoms with E-state index in [1.807, 2.05) is 18.2 Å². The molecule has 0 aromatic heterocycles. The third-order valence-electron chi connectivity index (χ3n) is 5.09. The number of ether oxygens (including phenoxy) is 1. The zero-order valence-corrected chi connectivity index (χ0v) is 14.9. The SMILES string of the molecule is Fc1ccccc1COc1cccc(C[NH2+]C2CCCCCCC2)c1. The predicted octanol–water partition coefficient (Wildman–Crippen LogP) is 4.58. The second kappa shape index (κ2) is 9.57. The first-order valence-electron chi connectivity index (χ1n) is 9.60. The first-order chi connectivity index (χ1) is 12.3. The Kier molecular flexibility index (Phi) is 6.87. The molecular weight excluding hydrogens is 313 g/mol. The largest absolute Gasteiger partial charge is 0.489 e. The molecule has 0 spiro atoms. The van der Waals surface area contributed by atoms with Crippen LogP contribution in [0.25, 0.3) is 0 Å². The molecule has 134 valence electrons. The lowest BCUT2D eigenvalue weighted by Crippen LogP contribution is -2.88. The van der Waals surface area contributed by atoms with Crippen molar-refractivity contribution >= 4 is 0 Å². The van der Waals surface area contributed by atoms with E-state index in [1.54, 1.807) is 12.1 Å². The summed E-state index contributed by atoms with van der Waals surface area (Å²) < 4.78 is 19.5. The molecule has 0 aliphatic heterocycles. The van der Waals surface area contributed by atoms with Crippen LogP contribution in [0.1, 0.15) is 56.1 Å². The zero-order valence-electron chi connectivity index (χ0n) is 14.9. The van der Waals surface area contributed by atoms with Gasteiger partial charge in [-0.25, -0.2) is 4.39 Å². The topological polar surface area (TPSA) is 25.8 Å². The number of hydrogen-bond donors (Lipinski definition) is 1. The number of hydrogen-bond acceptors (Lipinski definition) is 1. The number of halogens is 1. The standard InChI is InChI=1S/C22H28FNO/c23-22-14-7-6-10-19(22)17-25-21-13-8-9-18(15-21)16-24-20-11-4-2-1-3-5-12-20/h6-10,13-15,20,24H,1-5,11-12,16-17H2/p+1. The minimum absolute atomic E-state index is 0.212. The lowest BCUT2D eigenvalue weighted by Gasteiger charge is -2.18. The normalized spacial score (nSPS) is 16.2. The molecule has 1 fully saturated rings. The minimum Gasteiger partial charge on any atom is -0.489 e. The van der Waals surface area contributed by atoms with Gasteiger partial charge in [-0.15, -0.1) is 0 Å². The third-order valence-corrected chi connectivity index (χ3v) is 5.09. The van der Waals surface area contributed by atoms with Crippen molar-refractivity contribution in [3.05, 3.63) is 65.5 Å². The quantitative estimate of drug-likeness (QED) is 0.817. The molecule has 0 atom stereocenters. The van der Waals surface area contributed by atoms with Crippen molar-refractivity contribution < 1.29 is 14.4 Å². The van der Waals surface area contributed by atoms with E-state index in [9.17, 15) is 4.39 Å². The maximum Gasteiger partial charge on any atom is 0.129 e. The van der Waals surface area contributed by atoms with Gasteiger partial charge in [0.05, 0.1) is 6.04 Å². The molecule has 2 N–H and O–H groups in total. The summed E-state index contributed by atoms with van der Waals surface area (Å²) in [6, 6.07) is 15.7. The highest BCUT2D eigenvalue weighted by Gasteiger charge is 2.14. The van der Waals surface area contributed by atoms with Crippen LogP contribution in [-0.2, 0) is 13.2 Å². The van der Waals surface area contributed by atoms with Crippen molar-refractivity contribution in [3.63, 3.8) is 0 Å². The molecule has 2 aromatic rings. The molecule has 0 amide bonds. The molecule has 0 unspecified atom stereocenters. The molecule has 1 aliphatic carbocycles. The molecule has 2 aromatic carbocycles. The number of nitrogens with two attached hydrogens (primary N) is 1. The summed E-state index contributed by atoms with van der Waals surface area (Å²) in [5.74, 6) is 0.600. The average Bonchev–Trinajstić information content (AvgIpc) is 2.60. The fourth-order valence-corrected chi connectivity index (χ4v) is 3.56. The number of rotatable bonds is 6. The van der Waals surface area contributed by atoms with E-state index in [1.165, 1.54) is 56.6 Å². The number of benzene rings is 2. The maximum atomic E-state index is 13.7.